The predicted molar refractivity (Wildman–Crippen MR) is 165 cm³/mol. The number of nitrogens with zero attached hydrogens (tertiary/aromatic N) is 5. The minimum absolute atomic E-state index is 0.00147. The number of sulfonamides is 1. The van der Waals surface area contributed by atoms with Crippen molar-refractivity contribution >= 4 is 33.2 Å². The number of anilines is 2. The number of aryl methyl sites for hydroxylation is 1. The second kappa shape index (κ2) is 11.0. The monoisotopic (exact) mass is 626 g/mol. The van der Waals surface area contributed by atoms with Gasteiger partial charge in [-0.1, -0.05) is 0 Å². The fourth-order valence-electron chi connectivity index (χ4n) is 6.93. The smallest absolute Gasteiger partial charge is 0.274 e. The molecule has 2 amide bonds. The number of likely N-dealkylation sites (tertiary alicyclic amines) is 1. The molecule has 7 rings (SSSR count). The lowest BCUT2D eigenvalue weighted by molar-refractivity contribution is 0.0641. The maximum atomic E-state index is 14.4. The molecule has 4 heterocycles. The van der Waals surface area contributed by atoms with Gasteiger partial charge in [-0.3, -0.25) is 23.9 Å². The van der Waals surface area contributed by atoms with Gasteiger partial charge in [-0.2, -0.15) is 0 Å². The van der Waals surface area contributed by atoms with E-state index >= 15 is 0 Å². The Labute approximate surface area is 260 Å². The fourth-order valence-corrected chi connectivity index (χ4v) is 8.73. The van der Waals surface area contributed by atoms with Crippen molar-refractivity contribution in [1.29, 1.82) is 0 Å². The second-order valence-corrected chi connectivity index (χ2v) is 13.8. The van der Waals surface area contributed by atoms with E-state index in [-0.39, 0.29) is 28.3 Å². The van der Waals surface area contributed by atoms with Crippen LogP contribution in [0.1, 0.15) is 57.7 Å². The van der Waals surface area contributed by atoms with Crippen LogP contribution in [0.2, 0.25) is 0 Å². The Morgan fingerprint density at radius 3 is 2.38 bits per heavy atom. The van der Waals surface area contributed by atoms with Crippen LogP contribution in [0.5, 0.6) is 0 Å². The molecule has 1 aliphatic carbocycles. The van der Waals surface area contributed by atoms with Gasteiger partial charge in [-0.25, -0.2) is 17.8 Å². The van der Waals surface area contributed by atoms with Gasteiger partial charge in [-0.05, 0) is 98.2 Å². The zero-order valence-electron chi connectivity index (χ0n) is 24.6. The zero-order chi connectivity index (χ0) is 31.3. The number of hydrogen-bond donors (Lipinski definition) is 1. The van der Waals surface area contributed by atoms with Crippen molar-refractivity contribution < 1.29 is 22.4 Å². The van der Waals surface area contributed by atoms with Gasteiger partial charge in [0.2, 0.25) is 0 Å². The number of nitrogens with one attached hydrogen (secondary N) is 1. The van der Waals surface area contributed by atoms with E-state index in [0.717, 1.165) is 36.1 Å². The lowest BCUT2D eigenvalue weighted by atomic mass is 9.68. The van der Waals surface area contributed by atoms with E-state index < -0.39 is 27.3 Å². The van der Waals surface area contributed by atoms with Crippen LogP contribution in [0.15, 0.2) is 84.4 Å². The normalized spacial score (nSPS) is 18.9. The zero-order valence-corrected chi connectivity index (χ0v) is 25.4. The molecular formula is C33H31FN6O4S. The summed E-state index contributed by atoms with van der Waals surface area (Å²) in [5.41, 5.74) is 2.74. The van der Waals surface area contributed by atoms with Gasteiger partial charge in [0.1, 0.15) is 11.5 Å². The van der Waals surface area contributed by atoms with Crippen molar-refractivity contribution in [1.82, 2.24) is 19.9 Å². The van der Waals surface area contributed by atoms with E-state index in [1.54, 1.807) is 29.4 Å². The Bertz CT molecular complexity index is 1890. The van der Waals surface area contributed by atoms with Crippen molar-refractivity contribution in [3.63, 3.8) is 0 Å². The SMILES string of the molecule is Cc1cncc(NC(=O)c2ccc3c(c2)C2(CCN(C(=O)c4cnccn4)CC2)C(C2CC2)N3S(=O)(=O)c2ccc(F)cc2)c1. The van der Waals surface area contributed by atoms with Crippen LogP contribution in [0, 0.1) is 18.7 Å². The standard InChI is InChI=1S/C33H31FN6O4S/c1-21-16-25(19-36-18-21)38-31(41)23-4-9-29-27(17-23)33(10-14-39(15-11-33)32(42)28-20-35-12-13-37-28)30(22-2-3-22)40(29)45(43,44)26-7-5-24(34)6-8-26/h4-9,12-13,16-20,22,30H,2-3,10-11,14-15H2,1H3,(H,38,41). The molecule has 12 heteroatoms. The summed E-state index contributed by atoms with van der Waals surface area (Å²) in [6, 6.07) is 11.4. The molecule has 1 saturated carbocycles. The Morgan fingerprint density at radius 2 is 1.71 bits per heavy atom. The molecule has 2 fully saturated rings. The number of pyridine rings is 1. The summed E-state index contributed by atoms with van der Waals surface area (Å²) < 4.78 is 44.1. The predicted octanol–water partition coefficient (Wildman–Crippen LogP) is 4.73. The summed E-state index contributed by atoms with van der Waals surface area (Å²) in [6.45, 7) is 2.65. The molecule has 45 heavy (non-hydrogen) atoms. The summed E-state index contributed by atoms with van der Waals surface area (Å²) >= 11 is 0. The maximum Gasteiger partial charge on any atom is 0.274 e. The molecule has 230 valence electrons. The summed E-state index contributed by atoms with van der Waals surface area (Å²) in [7, 11) is -4.10. The molecule has 4 aromatic rings. The van der Waals surface area contributed by atoms with Crippen LogP contribution >= 0.6 is 0 Å². The highest BCUT2D eigenvalue weighted by molar-refractivity contribution is 7.92. The minimum atomic E-state index is -4.10. The Hall–Kier alpha value is -4.71. The minimum Gasteiger partial charge on any atom is -0.337 e. The van der Waals surface area contributed by atoms with Crippen LogP contribution in [-0.2, 0) is 15.4 Å². The number of fused-ring (bicyclic) bond motifs is 2. The van der Waals surface area contributed by atoms with Gasteiger partial charge >= 0.3 is 0 Å². The van der Waals surface area contributed by atoms with E-state index in [9.17, 15) is 22.4 Å². The van der Waals surface area contributed by atoms with Gasteiger partial charge < -0.3 is 10.2 Å². The summed E-state index contributed by atoms with van der Waals surface area (Å²) in [4.78, 5) is 40.9. The molecule has 1 N–H and O–H groups in total. The first-order valence-electron chi connectivity index (χ1n) is 14.9. The third-order valence-electron chi connectivity index (χ3n) is 9.15. The summed E-state index contributed by atoms with van der Waals surface area (Å²) in [6.07, 6.45) is 10.4. The number of hydrogen-bond acceptors (Lipinski definition) is 7. The molecule has 1 atom stereocenters. The number of halogens is 1. The van der Waals surface area contributed by atoms with Gasteiger partial charge in [0.05, 0.1) is 34.7 Å². The highest BCUT2D eigenvalue weighted by atomic mass is 32.2. The molecule has 1 spiro atoms. The number of benzene rings is 2. The molecule has 0 bridgehead atoms. The summed E-state index contributed by atoms with van der Waals surface area (Å²) in [5, 5.41) is 2.91. The molecular weight excluding hydrogens is 595 g/mol. The average molecular weight is 627 g/mol. The molecule has 2 aromatic carbocycles. The number of carbonyl (C=O) groups is 2. The number of amides is 2. The first-order chi connectivity index (χ1) is 21.7. The van der Waals surface area contributed by atoms with E-state index in [1.165, 1.54) is 35.0 Å². The highest BCUT2D eigenvalue weighted by Gasteiger charge is 2.60. The average Bonchev–Trinajstić information content (AvgIpc) is 3.85. The Morgan fingerprint density at radius 1 is 0.956 bits per heavy atom. The van der Waals surface area contributed by atoms with Gasteiger partial charge in [-0.15, -0.1) is 0 Å². The van der Waals surface area contributed by atoms with E-state index in [4.69, 9.17) is 0 Å². The number of carbonyl (C=O) groups excluding carboxylic acids is 2. The summed E-state index contributed by atoms with van der Waals surface area (Å²) in [5.74, 6) is -0.982. The molecule has 1 unspecified atom stereocenters. The van der Waals surface area contributed by atoms with E-state index in [2.05, 4.69) is 20.3 Å². The van der Waals surface area contributed by atoms with Crippen molar-refractivity contribution in [2.24, 2.45) is 5.92 Å². The Balaban J connectivity index is 1.30. The lowest BCUT2D eigenvalue weighted by Gasteiger charge is -2.45. The second-order valence-electron chi connectivity index (χ2n) is 12.0. The third kappa shape index (κ3) is 5.12. The fraction of sp³-hybridized carbons (Fsp3) is 0.303. The van der Waals surface area contributed by atoms with Crippen molar-refractivity contribution in [2.75, 3.05) is 22.7 Å². The quantitative estimate of drug-likeness (QED) is 0.328. The third-order valence-corrected chi connectivity index (χ3v) is 11.0. The number of rotatable bonds is 6. The molecule has 3 aliphatic rings. The number of aromatic nitrogens is 3. The largest absolute Gasteiger partial charge is 0.337 e. The molecule has 10 nitrogen and oxygen atoms in total. The number of piperidine rings is 1. The maximum absolute atomic E-state index is 14.4. The molecule has 2 aromatic heterocycles. The van der Waals surface area contributed by atoms with Gasteiger partial charge in [0, 0.05) is 42.7 Å². The van der Waals surface area contributed by atoms with Crippen molar-refractivity contribution in [2.45, 2.75) is 49.0 Å². The van der Waals surface area contributed by atoms with E-state index in [1.807, 2.05) is 19.1 Å². The molecule has 0 radical (unpaired) electrons. The Kier molecular flexibility index (Phi) is 7.11. The van der Waals surface area contributed by atoms with Crippen LogP contribution in [0.4, 0.5) is 15.8 Å². The van der Waals surface area contributed by atoms with Gasteiger partial charge in [0.25, 0.3) is 21.8 Å². The van der Waals surface area contributed by atoms with Crippen molar-refractivity contribution in [3.05, 3.63) is 108 Å². The van der Waals surface area contributed by atoms with Crippen LogP contribution < -0.4 is 9.62 Å². The van der Waals surface area contributed by atoms with Crippen molar-refractivity contribution in [3.8, 4) is 0 Å². The topological polar surface area (TPSA) is 125 Å². The van der Waals surface area contributed by atoms with Crippen LogP contribution in [0.3, 0.4) is 0 Å². The molecule has 1 saturated heterocycles. The van der Waals surface area contributed by atoms with E-state index in [0.29, 0.717) is 42.9 Å². The first-order valence-corrected chi connectivity index (χ1v) is 16.3. The van der Waals surface area contributed by atoms with Crippen LogP contribution in [-0.4, -0.2) is 59.2 Å². The van der Waals surface area contributed by atoms with Gasteiger partial charge in [0.15, 0.2) is 0 Å². The van der Waals surface area contributed by atoms with Crippen LogP contribution in [0.25, 0.3) is 0 Å². The first kappa shape index (κ1) is 29.0. The highest BCUT2D eigenvalue weighted by Crippen LogP contribution is 2.59. The lowest BCUT2D eigenvalue weighted by Crippen LogP contribution is -2.54. The molecule has 2 aliphatic heterocycles.